The maximum absolute atomic E-state index is 10.7. The number of nitrogens with zero attached hydrogens (tertiary/aromatic N) is 1. The molecule has 0 bridgehead atoms. The minimum atomic E-state index is -0.844. The largest absolute Gasteiger partial charge is 0.383 e. The second kappa shape index (κ2) is 6.98. The van der Waals surface area contributed by atoms with Gasteiger partial charge in [0.15, 0.2) is 10.1 Å². The molecule has 5 nitrogen and oxygen atoms in total. The maximum Gasteiger partial charge on any atom is 0.192 e. The zero-order valence-corrected chi connectivity index (χ0v) is 15.7. The molecule has 2 fully saturated rings. The number of benzene rings is 1. The van der Waals surface area contributed by atoms with E-state index in [2.05, 4.69) is 17.1 Å². The van der Waals surface area contributed by atoms with Gasteiger partial charge in [-0.05, 0) is 19.1 Å². The van der Waals surface area contributed by atoms with E-state index < -0.39 is 11.4 Å². The van der Waals surface area contributed by atoms with Crippen molar-refractivity contribution in [3.05, 3.63) is 40.9 Å². The van der Waals surface area contributed by atoms with Crippen LogP contribution in [0.1, 0.15) is 31.0 Å². The molecular weight excluding hydrogens is 358 g/mol. The fourth-order valence-corrected chi connectivity index (χ4v) is 4.97. The van der Waals surface area contributed by atoms with E-state index in [1.807, 2.05) is 24.4 Å². The van der Waals surface area contributed by atoms with Gasteiger partial charge in [-0.3, -0.25) is 0 Å². The first-order valence-corrected chi connectivity index (χ1v) is 10.1. The van der Waals surface area contributed by atoms with Crippen LogP contribution < -0.4 is 0 Å². The standard InChI is InChI=1S/C18H21NO4S2/c1-17(22-10-11-23-17)13-2-4-14(5-3-13)25-16-19-15(12-24-16)18(20)6-8-21-9-7-18/h2-5,12,20H,6-11H2,1H3. The monoisotopic (exact) mass is 379 g/mol. The Morgan fingerprint density at radius 2 is 1.76 bits per heavy atom. The minimum absolute atomic E-state index is 0.584. The fraction of sp³-hybridized carbons (Fsp3) is 0.500. The first-order chi connectivity index (χ1) is 12.1. The molecule has 0 radical (unpaired) electrons. The predicted molar refractivity (Wildman–Crippen MR) is 95.9 cm³/mol. The van der Waals surface area contributed by atoms with Crippen LogP contribution in [0.3, 0.4) is 0 Å². The van der Waals surface area contributed by atoms with Crippen molar-refractivity contribution < 1.29 is 19.3 Å². The quantitative estimate of drug-likeness (QED) is 0.877. The number of hydrogen-bond donors (Lipinski definition) is 1. The Kier molecular flexibility index (Phi) is 4.87. The molecule has 0 saturated carbocycles. The van der Waals surface area contributed by atoms with Crippen molar-refractivity contribution in [1.29, 1.82) is 0 Å². The van der Waals surface area contributed by atoms with Gasteiger partial charge in [-0.1, -0.05) is 23.9 Å². The van der Waals surface area contributed by atoms with Crippen molar-refractivity contribution in [2.24, 2.45) is 0 Å². The first kappa shape index (κ1) is 17.5. The molecule has 1 aromatic heterocycles. The summed E-state index contributed by atoms with van der Waals surface area (Å²) >= 11 is 3.17. The Balaban J connectivity index is 1.46. The van der Waals surface area contributed by atoms with Crippen molar-refractivity contribution in [2.75, 3.05) is 26.4 Å². The van der Waals surface area contributed by atoms with E-state index in [4.69, 9.17) is 14.2 Å². The summed E-state index contributed by atoms with van der Waals surface area (Å²) < 4.78 is 17.7. The molecule has 0 unspecified atom stereocenters. The van der Waals surface area contributed by atoms with E-state index in [0.29, 0.717) is 39.3 Å². The van der Waals surface area contributed by atoms with Gasteiger partial charge in [-0.15, -0.1) is 11.3 Å². The summed E-state index contributed by atoms with van der Waals surface area (Å²) in [4.78, 5) is 5.74. The highest BCUT2D eigenvalue weighted by molar-refractivity contribution is 8.01. The van der Waals surface area contributed by atoms with Crippen molar-refractivity contribution in [1.82, 2.24) is 4.98 Å². The molecule has 0 aliphatic carbocycles. The van der Waals surface area contributed by atoms with Crippen molar-refractivity contribution in [3.63, 3.8) is 0 Å². The van der Waals surface area contributed by atoms with Crippen LogP contribution in [-0.4, -0.2) is 36.5 Å². The van der Waals surface area contributed by atoms with E-state index in [-0.39, 0.29) is 0 Å². The van der Waals surface area contributed by atoms with Crippen LogP contribution in [0, 0.1) is 0 Å². The summed E-state index contributed by atoms with van der Waals surface area (Å²) in [5.41, 5.74) is 0.939. The highest BCUT2D eigenvalue weighted by atomic mass is 32.2. The lowest BCUT2D eigenvalue weighted by Crippen LogP contribution is -2.33. The summed E-state index contributed by atoms with van der Waals surface area (Å²) in [6, 6.07) is 8.18. The normalized spacial score (nSPS) is 22.2. The van der Waals surface area contributed by atoms with E-state index in [1.54, 1.807) is 23.1 Å². The third kappa shape index (κ3) is 3.63. The second-order valence-corrected chi connectivity index (χ2v) is 8.59. The molecule has 2 saturated heterocycles. The Hall–Kier alpha value is -0.960. The number of hydrogen-bond acceptors (Lipinski definition) is 7. The van der Waals surface area contributed by atoms with E-state index in [9.17, 15) is 5.11 Å². The van der Waals surface area contributed by atoms with Crippen LogP contribution in [0.2, 0.25) is 0 Å². The molecule has 0 amide bonds. The average Bonchev–Trinajstić information content (AvgIpc) is 3.27. The van der Waals surface area contributed by atoms with Gasteiger partial charge in [0.2, 0.25) is 0 Å². The molecule has 1 N–H and O–H groups in total. The van der Waals surface area contributed by atoms with Gasteiger partial charge in [0.1, 0.15) is 5.60 Å². The zero-order valence-electron chi connectivity index (χ0n) is 14.1. The molecule has 25 heavy (non-hydrogen) atoms. The maximum atomic E-state index is 10.7. The molecule has 4 rings (SSSR count). The van der Waals surface area contributed by atoms with Crippen LogP contribution in [0.25, 0.3) is 0 Å². The van der Waals surface area contributed by atoms with Crippen LogP contribution in [0.5, 0.6) is 0 Å². The molecule has 2 aromatic rings. The molecule has 0 atom stereocenters. The summed E-state index contributed by atoms with van der Waals surface area (Å²) in [6.07, 6.45) is 1.21. The van der Waals surface area contributed by atoms with Crippen LogP contribution in [0.15, 0.2) is 38.9 Å². The third-order valence-electron chi connectivity index (χ3n) is 4.70. The third-order valence-corrected chi connectivity index (χ3v) is 6.65. The van der Waals surface area contributed by atoms with Crippen molar-refractivity contribution in [3.8, 4) is 0 Å². The molecule has 2 aliphatic heterocycles. The Morgan fingerprint density at radius 3 is 2.44 bits per heavy atom. The van der Waals surface area contributed by atoms with Crippen molar-refractivity contribution >= 4 is 23.1 Å². The number of aliphatic hydroxyl groups is 1. The summed E-state index contributed by atoms with van der Waals surface area (Å²) in [6.45, 7) is 4.37. The van der Waals surface area contributed by atoms with E-state index in [1.165, 1.54) is 0 Å². The summed E-state index contributed by atoms with van der Waals surface area (Å²) in [5.74, 6) is -0.635. The number of rotatable bonds is 4. The molecule has 3 heterocycles. The van der Waals surface area contributed by atoms with Gasteiger partial charge in [0, 0.05) is 41.9 Å². The smallest absolute Gasteiger partial charge is 0.192 e. The topological polar surface area (TPSA) is 60.8 Å². The highest BCUT2D eigenvalue weighted by Crippen LogP contribution is 2.38. The fourth-order valence-electron chi connectivity index (χ4n) is 3.09. The zero-order chi connectivity index (χ0) is 17.3. The Labute approximate surface area is 155 Å². The Morgan fingerprint density at radius 1 is 1.08 bits per heavy atom. The summed E-state index contributed by atoms with van der Waals surface area (Å²) in [5, 5.41) is 12.7. The lowest BCUT2D eigenvalue weighted by atomic mass is 9.92. The molecule has 7 heteroatoms. The highest BCUT2D eigenvalue weighted by Gasteiger charge is 2.34. The number of aromatic nitrogens is 1. The molecule has 134 valence electrons. The Bertz CT molecular complexity index is 719. The van der Waals surface area contributed by atoms with Gasteiger partial charge < -0.3 is 19.3 Å². The average molecular weight is 380 g/mol. The van der Waals surface area contributed by atoms with Crippen LogP contribution in [-0.2, 0) is 25.6 Å². The van der Waals surface area contributed by atoms with Gasteiger partial charge >= 0.3 is 0 Å². The predicted octanol–water partition coefficient (Wildman–Crippen LogP) is 3.51. The first-order valence-electron chi connectivity index (χ1n) is 8.40. The van der Waals surface area contributed by atoms with Gasteiger partial charge in [-0.25, -0.2) is 4.98 Å². The van der Waals surface area contributed by atoms with E-state index in [0.717, 1.165) is 20.5 Å². The molecule has 1 aromatic carbocycles. The van der Waals surface area contributed by atoms with Gasteiger partial charge in [0.25, 0.3) is 0 Å². The second-order valence-electron chi connectivity index (χ2n) is 6.41. The van der Waals surface area contributed by atoms with Gasteiger partial charge in [-0.2, -0.15) is 0 Å². The number of thiazole rings is 1. The van der Waals surface area contributed by atoms with E-state index >= 15 is 0 Å². The van der Waals surface area contributed by atoms with Crippen molar-refractivity contribution in [2.45, 2.75) is 40.4 Å². The summed E-state index contributed by atoms with van der Waals surface area (Å²) in [7, 11) is 0. The SMILES string of the molecule is CC1(c2ccc(Sc3nc(C4(O)CCOCC4)cs3)cc2)OCCO1. The van der Waals surface area contributed by atoms with Crippen LogP contribution >= 0.6 is 23.1 Å². The van der Waals surface area contributed by atoms with Crippen LogP contribution in [0.4, 0.5) is 0 Å². The number of ether oxygens (including phenoxy) is 3. The van der Waals surface area contributed by atoms with Gasteiger partial charge in [0.05, 0.1) is 18.9 Å². The lowest BCUT2D eigenvalue weighted by molar-refractivity contribution is -0.149. The minimum Gasteiger partial charge on any atom is -0.383 e. The lowest BCUT2D eigenvalue weighted by Gasteiger charge is -2.30. The molecule has 0 spiro atoms. The molecular formula is C18H21NO4S2. The molecule has 2 aliphatic rings.